The minimum absolute atomic E-state index is 0.105. The van der Waals surface area contributed by atoms with Crippen LogP contribution < -0.4 is 9.64 Å². The first-order chi connectivity index (χ1) is 17.2. The van der Waals surface area contributed by atoms with Crippen molar-refractivity contribution in [3.05, 3.63) is 65.5 Å². The molecule has 35 heavy (non-hydrogen) atoms. The molecular formula is C27H33N5O2S. The number of piperidine rings is 1. The van der Waals surface area contributed by atoms with Crippen LogP contribution in [-0.2, 0) is 24.3 Å². The zero-order valence-electron chi connectivity index (χ0n) is 20.4. The predicted octanol–water partition coefficient (Wildman–Crippen LogP) is 4.39. The standard InChI is InChI=1S/C27H33N5O2S/c1-34-23-12-13-24-22(17-23)11-8-16-31(24)26(33)20-35-27-29-28-25(19-30-14-6-3-7-15-30)32(27)18-21-9-4-2-5-10-21/h2,4-5,9-10,12-13,17H,3,6-8,11,14-16,18-20H2,1H3. The van der Waals surface area contributed by atoms with Crippen molar-refractivity contribution in [2.75, 3.05) is 37.4 Å². The number of carbonyl (C=O) groups excluding carboxylic acids is 1. The zero-order valence-corrected chi connectivity index (χ0v) is 21.2. The smallest absolute Gasteiger partial charge is 0.237 e. The maximum Gasteiger partial charge on any atom is 0.237 e. The molecule has 0 radical (unpaired) electrons. The molecule has 0 saturated carbocycles. The number of hydrogen-bond donors (Lipinski definition) is 0. The van der Waals surface area contributed by atoms with Crippen LogP contribution in [0.25, 0.3) is 0 Å². The summed E-state index contributed by atoms with van der Waals surface area (Å²) in [5, 5.41) is 9.89. The average molecular weight is 492 g/mol. The minimum atomic E-state index is 0.105. The van der Waals surface area contributed by atoms with Gasteiger partial charge in [0.25, 0.3) is 0 Å². The highest BCUT2D eigenvalue weighted by atomic mass is 32.2. The van der Waals surface area contributed by atoms with E-state index in [1.165, 1.54) is 42.2 Å². The lowest BCUT2D eigenvalue weighted by Crippen LogP contribution is -2.36. The Labute approximate surface area is 211 Å². The molecule has 0 N–H and O–H groups in total. The van der Waals surface area contributed by atoms with E-state index in [0.29, 0.717) is 12.3 Å². The summed E-state index contributed by atoms with van der Waals surface area (Å²) in [7, 11) is 1.68. The normalized spacial score (nSPS) is 16.2. The lowest BCUT2D eigenvalue weighted by atomic mass is 10.0. The molecule has 2 aliphatic heterocycles. The third kappa shape index (κ3) is 5.70. The molecule has 1 fully saturated rings. The molecule has 3 aromatic rings. The predicted molar refractivity (Wildman–Crippen MR) is 139 cm³/mol. The molecule has 1 saturated heterocycles. The molecule has 2 aromatic carbocycles. The van der Waals surface area contributed by atoms with E-state index >= 15 is 0 Å². The number of nitrogens with zero attached hydrogens (tertiary/aromatic N) is 5. The lowest BCUT2D eigenvalue weighted by molar-refractivity contribution is -0.116. The van der Waals surface area contributed by atoms with Gasteiger partial charge in [0, 0.05) is 12.2 Å². The number of rotatable bonds is 8. The number of aryl methyl sites for hydroxylation is 1. The van der Waals surface area contributed by atoms with E-state index in [1.807, 2.05) is 29.2 Å². The quantitative estimate of drug-likeness (QED) is 0.436. The number of benzene rings is 2. The second kappa shape index (κ2) is 11.3. The van der Waals surface area contributed by atoms with Gasteiger partial charge in [0.15, 0.2) is 5.16 Å². The Morgan fingerprint density at radius 1 is 0.971 bits per heavy atom. The third-order valence-corrected chi connectivity index (χ3v) is 7.77. The van der Waals surface area contributed by atoms with Crippen molar-refractivity contribution in [1.82, 2.24) is 19.7 Å². The second-order valence-electron chi connectivity index (χ2n) is 9.24. The number of anilines is 1. The number of likely N-dealkylation sites (tertiary alicyclic amines) is 1. The topological polar surface area (TPSA) is 63.5 Å². The van der Waals surface area contributed by atoms with Crippen molar-refractivity contribution in [2.45, 2.75) is 50.4 Å². The molecule has 5 rings (SSSR count). The van der Waals surface area contributed by atoms with E-state index in [-0.39, 0.29) is 5.91 Å². The molecule has 0 aliphatic carbocycles. The van der Waals surface area contributed by atoms with E-state index in [4.69, 9.17) is 4.74 Å². The number of hydrogen-bond acceptors (Lipinski definition) is 6. The van der Waals surface area contributed by atoms with Crippen molar-refractivity contribution < 1.29 is 9.53 Å². The van der Waals surface area contributed by atoms with Crippen molar-refractivity contribution in [2.24, 2.45) is 0 Å². The highest BCUT2D eigenvalue weighted by Crippen LogP contribution is 2.31. The van der Waals surface area contributed by atoms with Crippen LogP contribution in [0.15, 0.2) is 53.7 Å². The van der Waals surface area contributed by atoms with Gasteiger partial charge in [0.05, 0.1) is 26.0 Å². The van der Waals surface area contributed by atoms with Crippen LogP contribution in [0.2, 0.25) is 0 Å². The second-order valence-corrected chi connectivity index (χ2v) is 10.2. The van der Waals surface area contributed by atoms with E-state index < -0.39 is 0 Å². The summed E-state index contributed by atoms with van der Waals surface area (Å²) in [5.74, 6) is 2.25. The maximum absolute atomic E-state index is 13.3. The third-order valence-electron chi connectivity index (χ3n) is 6.82. The first kappa shape index (κ1) is 23.9. The summed E-state index contributed by atoms with van der Waals surface area (Å²) in [5.41, 5.74) is 3.38. The molecule has 1 aromatic heterocycles. The fraction of sp³-hybridized carbons (Fsp3) is 0.444. The molecule has 0 spiro atoms. The van der Waals surface area contributed by atoms with Crippen LogP contribution in [0, 0.1) is 0 Å². The SMILES string of the molecule is COc1ccc2c(c1)CCCN2C(=O)CSc1nnc(CN2CCCCC2)n1Cc1ccccc1. The fourth-order valence-corrected chi connectivity index (χ4v) is 5.78. The van der Waals surface area contributed by atoms with Gasteiger partial charge in [0.2, 0.25) is 5.91 Å². The lowest BCUT2D eigenvalue weighted by Gasteiger charge is -2.29. The van der Waals surface area contributed by atoms with Crippen LogP contribution >= 0.6 is 11.8 Å². The van der Waals surface area contributed by atoms with E-state index in [0.717, 1.165) is 61.4 Å². The van der Waals surface area contributed by atoms with Crippen molar-refractivity contribution in [3.8, 4) is 5.75 Å². The van der Waals surface area contributed by atoms with Gasteiger partial charge in [-0.1, -0.05) is 48.5 Å². The van der Waals surface area contributed by atoms with Crippen molar-refractivity contribution in [1.29, 1.82) is 0 Å². The summed E-state index contributed by atoms with van der Waals surface area (Å²) in [6, 6.07) is 16.4. The molecule has 0 bridgehead atoms. The van der Waals surface area contributed by atoms with Gasteiger partial charge in [-0.3, -0.25) is 9.69 Å². The van der Waals surface area contributed by atoms with Gasteiger partial charge < -0.3 is 14.2 Å². The Balaban J connectivity index is 1.32. The van der Waals surface area contributed by atoms with Crippen molar-refractivity contribution >= 4 is 23.4 Å². The summed E-state index contributed by atoms with van der Waals surface area (Å²) in [4.78, 5) is 17.7. The van der Waals surface area contributed by atoms with Gasteiger partial charge in [-0.15, -0.1) is 10.2 Å². The molecule has 184 valence electrons. The number of carbonyl (C=O) groups is 1. The number of aromatic nitrogens is 3. The summed E-state index contributed by atoms with van der Waals surface area (Å²) in [6.07, 6.45) is 5.72. The van der Waals surface area contributed by atoms with E-state index in [9.17, 15) is 4.79 Å². The molecule has 7 nitrogen and oxygen atoms in total. The van der Waals surface area contributed by atoms with Crippen LogP contribution in [0.4, 0.5) is 5.69 Å². The molecule has 0 unspecified atom stereocenters. The Morgan fingerprint density at radius 3 is 2.60 bits per heavy atom. The first-order valence-electron chi connectivity index (χ1n) is 12.5. The van der Waals surface area contributed by atoms with Crippen molar-refractivity contribution in [3.63, 3.8) is 0 Å². The number of fused-ring (bicyclic) bond motifs is 1. The number of methoxy groups -OCH3 is 1. The number of amides is 1. The van der Waals surface area contributed by atoms with Crippen LogP contribution in [0.1, 0.15) is 42.6 Å². The van der Waals surface area contributed by atoms with Gasteiger partial charge in [0.1, 0.15) is 11.6 Å². The van der Waals surface area contributed by atoms with Crippen LogP contribution in [0.5, 0.6) is 5.75 Å². The number of thioether (sulfide) groups is 1. The van der Waals surface area contributed by atoms with E-state index in [2.05, 4.69) is 43.9 Å². The van der Waals surface area contributed by atoms with Gasteiger partial charge in [-0.25, -0.2) is 0 Å². The first-order valence-corrected chi connectivity index (χ1v) is 13.5. The van der Waals surface area contributed by atoms with Crippen LogP contribution in [0.3, 0.4) is 0 Å². The molecule has 1 amide bonds. The Hall–Kier alpha value is -2.84. The summed E-state index contributed by atoms with van der Waals surface area (Å²) < 4.78 is 7.56. The summed E-state index contributed by atoms with van der Waals surface area (Å²) >= 11 is 1.49. The highest BCUT2D eigenvalue weighted by molar-refractivity contribution is 7.99. The molecule has 8 heteroatoms. The maximum atomic E-state index is 13.3. The Bertz CT molecular complexity index is 1140. The molecular weight excluding hydrogens is 458 g/mol. The Kier molecular flexibility index (Phi) is 7.69. The highest BCUT2D eigenvalue weighted by Gasteiger charge is 2.24. The molecule has 3 heterocycles. The zero-order chi connectivity index (χ0) is 24.0. The summed E-state index contributed by atoms with van der Waals surface area (Å²) in [6.45, 7) is 4.47. The average Bonchev–Trinajstić information content (AvgIpc) is 3.28. The van der Waals surface area contributed by atoms with Gasteiger partial charge >= 0.3 is 0 Å². The Morgan fingerprint density at radius 2 is 1.80 bits per heavy atom. The van der Waals surface area contributed by atoms with Crippen LogP contribution in [-0.4, -0.2) is 58.1 Å². The molecule has 0 atom stereocenters. The number of ether oxygens (including phenoxy) is 1. The van der Waals surface area contributed by atoms with Gasteiger partial charge in [-0.05, 0) is 68.1 Å². The van der Waals surface area contributed by atoms with Gasteiger partial charge in [-0.2, -0.15) is 0 Å². The largest absolute Gasteiger partial charge is 0.497 e. The van der Waals surface area contributed by atoms with E-state index in [1.54, 1.807) is 7.11 Å². The fourth-order valence-electron chi connectivity index (χ4n) is 4.95. The molecule has 2 aliphatic rings. The monoisotopic (exact) mass is 491 g/mol. The minimum Gasteiger partial charge on any atom is -0.497 e.